The first kappa shape index (κ1) is 29.1. The van der Waals surface area contributed by atoms with Crippen molar-refractivity contribution >= 4 is 17.7 Å². The van der Waals surface area contributed by atoms with E-state index in [-0.39, 0.29) is 55.9 Å². The van der Waals surface area contributed by atoms with Crippen molar-refractivity contribution in [2.45, 2.75) is 18.8 Å². The number of carbonyl (C=O) groups excluding carboxylic acids is 3. The van der Waals surface area contributed by atoms with Crippen LogP contribution >= 0.6 is 0 Å². The average molecular weight is 581 g/mol. The normalized spacial score (nSPS) is 18.9. The number of carbonyl (C=O) groups is 3. The second-order valence-electron chi connectivity index (χ2n) is 10.3. The van der Waals surface area contributed by atoms with Crippen LogP contribution in [0.15, 0.2) is 78.9 Å². The third kappa shape index (κ3) is 6.91. The lowest BCUT2D eigenvalue weighted by molar-refractivity contribution is -0.138. The van der Waals surface area contributed by atoms with Gasteiger partial charge in [-0.3, -0.25) is 19.3 Å². The lowest BCUT2D eigenvalue weighted by Gasteiger charge is -2.42. The Balaban J connectivity index is 1.45. The van der Waals surface area contributed by atoms with Gasteiger partial charge in [-0.05, 0) is 35.9 Å². The summed E-state index contributed by atoms with van der Waals surface area (Å²) in [5.74, 6) is -1.09. The second kappa shape index (κ2) is 12.6. The minimum absolute atomic E-state index is 0.0280. The standard InChI is InChI=1S/C31H31F3N4O4/c32-31(33,34)24-11-12-27-26(17-24)29(40)35-13-14-36(18-22-7-3-1-4-8-22)20-28(39)38-16-15-37(19-25(38)21-42-27)30(41)23-9-5-2-6-10-23/h1-12,17,25H,13-16,18-21H2,(H,35,40)/t25-/m0/s1. The number of nitrogens with one attached hydrogen (secondary N) is 1. The first-order valence-electron chi connectivity index (χ1n) is 13.7. The fourth-order valence-corrected chi connectivity index (χ4v) is 5.23. The molecule has 2 aliphatic heterocycles. The van der Waals surface area contributed by atoms with E-state index in [0.29, 0.717) is 25.2 Å². The molecule has 0 unspecified atom stereocenters. The van der Waals surface area contributed by atoms with Gasteiger partial charge in [0.25, 0.3) is 11.8 Å². The van der Waals surface area contributed by atoms with Crippen LogP contribution in [-0.2, 0) is 17.5 Å². The molecule has 0 radical (unpaired) electrons. The molecule has 11 heteroatoms. The first-order valence-corrected chi connectivity index (χ1v) is 13.7. The Labute approximate surface area is 241 Å². The largest absolute Gasteiger partial charge is 0.491 e. The van der Waals surface area contributed by atoms with E-state index in [1.54, 1.807) is 34.1 Å². The van der Waals surface area contributed by atoms with Crippen LogP contribution in [0.25, 0.3) is 0 Å². The van der Waals surface area contributed by atoms with Crippen molar-refractivity contribution in [1.29, 1.82) is 0 Å². The molecule has 0 aromatic heterocycles. The summed E-state index contributed by atoms with van der Waals surface area (Å²) in [7, 11) is 0. The van der Waals surface area contributed by atoms with Crippen molar-refractivity contribution in [3.05, 3.63) is 101 Å². The molecule has 1 saturated heterocycles. The molecule has 0 aliphatic carbocycles. The molecule has 1 N–H and O–H groups in total. The molecular formula is C31H31F3N4O4. The Morgan fingerprint density at radius 1 is 0.929 bits per heavy atom. The fraction of sp³-hybridized carbons (Fsp3) is 0.323. The summed E-state index contributed by atoms with van der Waals surface area (Å²) in [6.45, 7) is 1.52. The fourth-order valence-electron chi connectivity index (χ4n) is 5.23. The van der Waals surface area contributed by atoms with Crippen LogP contribution in [0.2, 0.25) is 0 Å². The van der Waals surface area contributed by atoms with Gasteiger partial charge in [0, 0.05) is 44.8 Å². The molecule has 2 heterocycles. The molecule has 0 bridgehead atoms. The smallest absolute Gasteiger partial charge is 0.416 e. The third-order valence-corrected chi connectivity index (χ3v) is 7.42. The van der Waals surface area contributed by atoms with E-state index in [1.807, 2.05) is 41.3 Å². The Hall–Kier alpha value is -4.38. The highest BCUT2D eigenvalue weighted by Crippen LogP contribution is 2.33. The zero-order valence-corrected chi connectivity index (χ0v) is 22.8. The monoisotopic (exact) mass is 580 g/mol. The summed E-state index contributed by atoms with van der Waals surface area (Å²) in [4.78, 5) is 45.2. The van der Waals surface area contributed by atoms with E-state index in [4.69, 9.17) is 4.74 Å². The number of hydrogen-bond acceptors (Lipinski definition) is 5. The quantitative estimate of drug-likeness (QED) is 0.511. The lowest BCUT2D eigenvalue weighted by Crippen LogP contribution is -2.60. The van der Waals surface area contributed by atoms with Crippen LogP contribution in [0, 0.1) is 0 Å². The summed E-state index contributed by atoms with van der Waals surface area (Å²) in [5.41, 5.74) is 0.270. The van der Waals surface area contributed by atoms with Crippen molar-refractivity contribution in [1.82, 2.24) is 20.0 Å². The van der Waals surface area contributed by atoms with Gasteiger partial charge in [-0.1, -0.05) is 48.5 Å². The SMILES string of the molecule is O=C1NCCN(Cc2ccccc2)CC(=O)N2CCN(C(=O)c3ccccc3)C[C@H]2COc2ccc(C(F)(F)F)cc21. The molecule has 1 atom stereocenters. The van der Waals surface area contributed by atoms with Gasteiger partial charge in [-0.15, -0.1) is 0 Å². The van der Waals surface area contributed by atoms with Gasteiger partial charge in [-0.2, -0.15) is 13.2 Å². The molecule has 220 valence electrons. The molecule has 0 spiro atoms. The van der Waals surface area contributed by atoms with Crippen molar-refractivity contribution in [3.8, 4) is 5.75 Å². The van der Waals surface area contributed by atoms with E-state index >= 15 is 0 Å². The van der Waals surface area contributed by atoms with E-state index in [9.17, 15) is 27.6 Å². The van der Waals surface area contributed by atoms with E-state index in [1.165, 1.54) is 0 Å². The molecule has 3 amide bonds. The maximum absolute atomic E-state index is 13.7. The third-order valence-electron chi connectivity index (χ3n) is 7.42. The van der Waals surface area contributed by atoms with Crippen LogP contribution in [0.1, 0.15) is 31.8 Å². The molecule has 2 aliphatic rings. The Bertz CT molecular complexity index is 1420. The predicted molar refractivity (Wildman–Crippen MR) is 149 cm³/mol. The lowest BCUT2D eigenvalue weighted by atomic mass is 10.1. The van der Waals surface area contributed by atoms with Gasteiger partial charge in [0.05, 0.1) is 23.7 Å². The molecule has 42 heavy (non-hydrogen) atoms. The minimum atomic E-state index is -4.64. The van der Waals surface area contributed by atoms with Crippen LogP contribution in [0.4, 0.5) is 13.2 Å². The Morgan fingerprint density at radius 3 is 2.36 bits per heavy atom. The molecule has 0 saturated carbocycles. The number of benzene rings is 3. The number of alkyl halides is 3. The van der Waals surface area contributed by atoms with Gasteiger partial charge < -0.3 is 19.9 Å². The number of hydrogen-bond donors (Lipinski definition) is 1. The number of halogens is 3. The summed E-state index contributed by atoms with van der Waals surface area (Å²) >= 11 is 0. The maximum atomic E-state index is 13.7. The maximum Gasteiger partial charge on any atom is 0.416 e. The topological polar surface area (TPSA) is 82.2 Å². The summed E-state index contributed by atoms with van der Waals surface area (Å²) in [5, 5.41) is 2.68. The van der Waals surface area contributed by atoms with Gasteiger partial charge in [-0.25, -0.2) is 0 Å². The zero-order valence-electron chi connectivity index (χ0n) is 22.8. The number of nitrogens with zero attached hydrogens (tertiary/aromatic N) is 3. The van der Waals surface area contributed by atoms with Gasteiger partial charge in [0.1, 0.15) is 12.4 Å². The van der Waals surface area contributed by atoms with E-state index in [0.717, 1.165) is 23.8 Å². The Morgan fingerprint density at radius 2 is 1.64 bits per heavy atom. The van der Waals surface area contributed by atoms with E-state index in [2.05, 4.69) is 5.32 Å². The average Bonchev–Trinajstić information content (AvgIpc) is 3.00. The minimum Gasteiger partial charge on any atom is -0.491 e. The number of piperazine rings is 1. The van der Waals surface area contributed by atoms with Crippen LogP contribution in [0.5, 0.6) is 5.75 Å². The van der Waals surface area contributed by atoms with Crippen molar-refractivity contribution < 1.29 is 32.3 Å². The highest BCUT2D eigenvalue weighted by atomic mass is 19.4. The molecule has 1 fully saturated rings. The van der Waals surface area contributed by atoms with Gasteiger partial charge >= 0.3 is 6.18 Å². The summed E-state index contributed by atoms with van der Waals surface area (Å²) < 4.78 is 46.5. The van der Waals surface area contributed by atoms with Gasteiger partial charge in [0.2, 0.25) is 5.91 Å². The molecule has 3 aromatic carbocycles. The van der Waals surface area contributed by atoms with Crippen molar-refractivity contribution in [2.24, 2.45) is 0 Å². The highest BCUT2D eigenvalue weighted by molar-refractivity contribution is 5.97. The number of rotatable bonds is 3. The Kier molecular flexibility index (Phi) is 8.77. The number of amides is 3. The predicted octanol–water partition coefficient (Wildman–Crippen LogP) is 3.68. The van der Waals surface area contributed by atoms with Crippen molar-refractivity contribution in [3.63, 3.8) is 0 Å². The van der Waals surface area contributed by atoms with Crippen LogP contribution in [-0.4, -0.2) is 84.3 Å². The highest BCUT2D eigenvalue weighted by Gasteiger charge is 2.35. The first-order chi connectivity index (χ1) is 20.2. The zero-order chi connectivity index (χ0) is 29.7. The molecule has 8 nitrogen and oxygen atoms in total. The summed E-state index contributed by atoms with van der Waals surface area (Å²) in [6.07, 6.45) is -4.64. The molecule has 5 rings (SSSR count). The summed E-state index contributed by atoms with van der Waals surface area (Å²) in [6, 6.07) is 20.5. The second-order valence-corrected chi connectivity index (χ2v) is 10.3. The number of fused-ring (bicyclic) bond motifs is 2. The van der Waals surface area contributed by atoms with E-state index < -0.39 is 23.7 Å². The van der Waals surface area contributed by atoms with Crippen LogP contribution < -0.4 is 10.1 Å². The number of ether oxygens (including phenoxy) is 1. The molecular weight excluding hydrogens is 549 g/mol. The van der Waals surface area contributed by atoms with Crippen LogP contribution in [0.3, 0.4) is 0 Å². The van der Waals surface area contributed by atoms with Gasteiger partial charge in [0.15, 0.2) is 0 Å². The van der Waals surface area contributed by atoms with Crippen molar-refractivity contribution in [2.75, 3.05) is 45.9 Å². The molecule has 3 aromatic rings.